The summed E-state index contributed by atoms with van der Waals surface area (Å²) >= 11 is 0. The lowest BCUT2D eigenvalue weighted by molar-refractivity contribution is 0.169. The van der Waals surface area contributed by atoms with Gasteiger partial charge in [-0.3, -0.25) is 13.9 Å². The van der Waals surface area contributed by atoms with Gasteiger partial charge in [-0.05, 0) is 27.7 Å². The minimum Gasteiger partial charge on any atom is -0.493 e. The van der Waals surface area contributed by atoms with Crippen LogP contribution in [0.1, 0.15) is 71.8 Å². The SMILES string of the molecule is COC(=O)n1nc(C(C)(C)C)c(C#N)c1/N=N\c1c(O)n(C(C)C)c(=O)n(C(C)C)c1=O. The van der Waals surface area contributed by atoms with Gasteiger partial charge in [0.05, 0.1) is 12.8 Å². The van der Waals surface area contributed by atoms with Gasteiger partial charge in [-0.15, -0.1) is 14.9 Å². The number of carbonyl (C=O) groups is 1. The summed E-state index contributed by atoms with van der Waals surface area (Å²) in [6.07, 6.45) is -0.915. The fourth-order valence-corrected chi connectivity index (χ4v) is 3.07. The maximum absolute atomic E-state index is 12.9. The van der Waals surface area contributed by atoms with Crippen LogP contribution in [0.15, 0.2) is 19.8 Å². The molecule has 1 N–H and O–H groups in total. The summed E-state index contributed by atoms with van der Waals surface area (Å²) in [5, 5.41) is 32.2. The summed E-state index contributed by atoms with van der Waals surface area (Å²) in [7, 11) is 1.14. The van der Waals surface area contributed by atoms with Crippen LogP contribution < -0.4 is 11.2 Å². The molecule has 172 valence electrons. The van der Waals surface area contributed by atoms with E-state index in [-0.39, 0.29) is 17.1 Å². The van der Waals surface area contributed by atoms with E-state index in [1.165, 1.54) is 0 Å². The fraction of sp³-hybridized carbons (Fsp3) is 0.550. The van der Waals surface area contributed by atoms with Crippen molar-refractivity contribution in [3.8, 4) is 11.9 Å². The van der Waals surface area contributed by atoms with E-state index in [0.29, 0.717) is 0 Å². The minimum atomic E-state index is -0.915. The average molecular weight is 445 g/mol. The molecule has 0 aromatic carbocycles. The van der Waals surface area contributed by atoms with Crippen molar-refractivity contribution in [1.82, 2.24) is 18.9 Å². The van der Waals surface area contributed by atoms with E-state index in [2.05, 4.69) is 15.3 Å². The lowest BCUT2D eigenvalue weighted by atomic mass is 9.90. The summed E-state index contributed by atoms with van der Waals surface area (Å²) in [5.41, 5.74) is -2.44. The number of azo groups is 1. The highest BCUT2D eigenvalue weighted by atomic mass is 16.5. The molecule has 2 aromatic heterocycles. The minimum absolute atomic E-state index is 0.0347. The predicted molar refractivity (Wildman–Crippen MR) is 115 cm³/mol. The van der Waals surface area contributed by atoms with Crippen LogP contribution in [0.2, 0.25) is 0 Å². The molecule has 0 saturated carbocycles. The third-order valence-electron chi connectivity index (χ3n) is 4.58. The van der Waals surface area contributed by atoms with Crippen molar-refractivity contribution in [3.05, 3.63) is 32.1 Å². The van der Waals surface area contributed by atoms with Gasteiger partial charge >= 0.3 is 11.8 Å². The van der Waals surface area contributed by atoms with E-state index in [4.69, 9.17) is 4.74 Å². The normalized spacial score (nSPS) is 12.0. The van der Waals surface area contributed by atoms with Crippen LogP contribution in [0.25, 0.3) is 0 Å². The Kier molecular flexibility index (Phi) is 6.73. The van der Waals surface area contributed by atoms with Crippen molar-refractivity contribution in [1.29, 1.82) is 5.26 Å². The maximum atomic E-state index is 12.9. The van der Waals surface area contributed by atoms with Gasteiger partial charge in [0.2, 0.25) is 17.4 Å². The smallest absolute Gasteiger partial charge is 0.436 e. The second-order valence-corrected chi connectivity index (χ2v) is 8.68. The van der Waals surface area contributed by atoms with Gasteiger partial charge in [0.1, 0.15) is 11.6 Å². The topological polar surface area (TPSA) is 157 Å². The van der Waals surface area contributed by atoms with Crippen LogP contribution in [0.3, 0.4) is 0 Å². The Labute approximate surface area is 184 Å². The zero-order valence-electron chi connectivity index (χ0n) is 19.4. The van der Waals surface area contributed by atoms with Gasteiger partial charge in [-0.1, -0.05) is 20.8 Å². The molecule has 12 nitrogen and oxygen atoms in total. The van der Waals surface area contributed by atoms with E-state index < -0.39 is 46.4 Å². The molecule has 0 spiro atoms. The van der Waals surface area contributed by atoms with Crippen molar-refractivity contribution in [3.63, 3.8) is 0 Å². The predicted octanol–water partition coefficient (Wildman–Crippen LogP) is 3.27. The zero-order chi connectivity index (χ0) is 24.5. The molecule has 0 aliphatic heterocycles. The number of hydrogen-bond donors (Lipinski definition) is 1. The summed E-state index contributed by atoms with van der Waals surface area (Å²) < 4.78 is 7.43. The van der Waals surface area contributed by atoms with Crippen LogP contribution in [-0.2, 0) is 10.2 Å². The Balaban J connectivity index is 2.89. The number of methoxy groups -OCH3 is 1. The summed E-state index contributed by atoms with van der Waals surface area (Å²) in [6, 6.07) is 0.960. The summed E-state index contributed by atoms with van der Waals surface area (Å²) in [4.78, 5) is 37.8. The van der Waals surface area contributed by atoms with E-state index in [1.807, 2.05) is 6.07 Å². The van der Waals surface area contributed by atoms with Gasteiger partial charge in [-0.2, -0.15) is 10.4 Å². The number of rotatable bonds is 4. The summed E-state index contributed by atoms with van der Waals surface area (Å²) in [6.45, 7) is 12.0. The zero-order valence-corrected chi connectivity index (χ0v) is 19.4. The average Bonchev–Trinajstić information content (AvgIpc) is 3.05. The number of aromatic nitrogens is 4. The van der Waals surface area contributed by atoms with Gasteiger partial charge in [0.25, 0.3) is 5.56 Å². The standard InChI is InChI=1S/C20H27N7O5/c1-10(2)25-16(28)13(17(29)26(11(3)4)18(25)30)22-23-15-12(9-21)14(20(5,6)7)24-27(15)19(31)32-8/h10-11,28H,1-8H3/b23-22-. The molecule has 32 heavy (non-hydrogen) atoms. The quantitative estimate of drug-likeness (QED) is 0.707. The van der Waals surface area contributed by atoms with Crippen LogP contribution in [0.5, 0.6) is 5.88 Å². The first-order valence-electron chi connectivity index (χ1n) is 9.91. The van der Waals surface area contributed by atoms with E-state index >= 15 is 0 Å². The molecule has 12 heteroatoms. The van der Waals surface area contributed by atoms with Crippen LogP contribution in [0.4, 0.5) is 16.3 Å². The van der Waals surface area contributed by atoms with E-state index in [9.17, 15) is 24.8 Å². The van der Waals surface area contributed by atoms with Crippen LogP contribution in [0, 0.1) is 11.3 Å². The lowest BCUT2D eigenvalue weighted by Crippen LogP contribution is -2.41. The maximum Gasteiger partial charge on any atom is 0.436 e. The van der Waals surface area contributed by atoms with E-state index in [0.717, 1.165) is 20.9 Å². The molecule has 0 fully saturated rings. The summed E-state index contributed by atoms with van der Waals surface area (Å²) in [5.74, 6) is -0.934. The first-order valence-corrected chi connectivity index (χ1v) is 9.91. The molecule has 2 heterocycles. The Morgan fingerprint density at radius 3 is 2.12 bits per heavy atom. The first-order chi connectivity index (χ1) is 14.8. The van der Waals surface area contributed by atoms with Crippen molar-refractivity contribution in [2.45, 2.75) is 66.0 Å². The highest BCUT2D eigenvalue weighted by molar-refractivity contribution is 5.75. The Bertz CT molecular complexity index is 1230. The Morgan fingerprint density at radius 1 is 1.12 bits per heavy atom. The second kappa shape index (κ2) is 8.78. The van der Waals surface area contributed by atoms with Crippen molar-refractivity contribution in [2.24, 2.45) is 10.2 Å². The highest BCUT2D eigenvalue weighted by Crippen LogP contribution is 2.33. The van der Waals surface area contributed by atoms with Crippen LogP contribution >= 0.6 is 0 Å². The van der Waals surface area contributed by atoms with Gasteiger partial charge < -0.3 is 9.84 Å². The highest BCUT2D eigenvalue weighted by Gasteiger charge is 2.30. The molecule has 2 rings (SSSR count). The number of nitriles is 1. The third kappa shape index (κ3) is 4.18. The molecule has 0 radical (unpaired) electrons. The molecule has 0 atom stereocenters. The molecular formula is C20H27N7O5. The third-order valence-corrected chi connectivity index (χ3v) is 4.58. The number of ether oxygens (including phenoxy) is 1. The Hall–Kier alpha value is -3.75. The monoisotopic (exact) mass is 445 g/mol. The van der Waals surface area contributed by atoms with E-state index in [1.54, 1.807) is 48.5 Å². The van der Waals surface area contributed by atoms with Crippen molar-refractivity contribution in [2.75, 3.05) is 7.11 Å². The molecule has 0 bridgehead atoms. The Morgan fingerprint density at radius 2 is 1.69 bits per heavy atom. The number of nitrogens with zero attached hydrogens (tertiary/aromatic N) is 7. The molecule has 0 saturated heterocycles. The van der Waals surface area contributed by atoms with Gasteiger partial charge in [-0.25, -0.2) is 9.59 Å². The molecule has 0 aliphatic carbocycles. The lowest BCUT2D eigenvalue weighted by Gasteiger charge is -2.17. The molecular weight excluding hydrogens is 418 g/mol. The molecule has 0 unspecified atom stereocenters. The first kappa shape index (κ1) is 24.5. The van der Waals surface area contributed by atoms with Crippen molar-refractivity contribution >= 4 is 17.6 Å². The second-order valence-electron chi connectivity index (χ2n) is 8.68. The molecule has 2 aromatic rings. The van der Waals surface area contributed by atoms with Gasteiger partial charge in [0.15, 0.2) is 0 Å². The van der Waals surface area contributed by atoms with Crippen molar-refractivity contribution < 1.29 is 14.6 Å². The van der Waals surface area contributed by atoms with Crippen LogP contribution in [-0.4, -0.2) is 37.2 Å². The molecule has 0 amide bonds. The number of aromatic hydroxyl groups is 1. The van der Waals surface area contributed by atoms with Gasteiger partial charge in [0, 0.05) is 17.5 Å². The largest absolute Gasteiger partial charge is 0.493 e. The molecule has 0 aliphatic rings. The number of hydrogen-bond acceptors (Lipinski definition) is 9. The fourth-order valence-electron chi connectivity index (χ4n) is 3.07. The number of carbonyl (C=O) groups excluding carboxylic acids is 1.